The summed E-state index contributed by atoms with van der Waals surface area (Å²) in [6, 6.07) is 7.96. The van der Waals surface area contributed by atoms with Gasteiger partial charge in [-0.05, 0) is 26.0 Å². The number of aromatic nitrogens is 5. The summed E-state index contributed by atoms with van der Waals surface area (Å²) in [6.07, 6.45) is 4.69. The van der Waals surface area contributed by atoms with Crippen LogP contribution in [-0.4, -0.2) is 37.8 Å². The molecule has 9 heteroatoms. The van der Waals surface area contributed by atoms with E-state index < -0.39 is 0 Å². The molecule has 1 aromatic carbocycles. The molecule has 0 radical (unpaired) electrons. The Morgan fingerprint density at radius 2 is 1.97 bits per heavy atom. The van der Waals surface area contributed by atoms with Gasteiger partial charge in [-0.1, -0.05) is 17.7 Å². The number of anilines is 1. The van der Waals surface area contributed by atoms with Gasteiger partial charge in [-0.2, -0.15) is 10.2 Å². The van der Waals surface area contributed by atoms with Gasteiger partial charge >= 0.3 is 0 Å². The molecule has 168 valence electrons. The molecule has 1 saturated heterocycles. The lowest BCUT2D eigenvalue weighted by Crippen LogP contribution is -2.31. The Labute approximate surface area is 189 Å². The summed E-state index contributed by atoms with van der Waals surface area (Å²) < 4.78 is 30.3. The number of halogens is 1. The van der Waals surface area contributed by atoms with E-state index in [9.17, 15) is 0 Å². The molecule has 8 nitrogen and oxygen atoms in total. The van der Waals surface area contributed by atoms with Crippen LogP contribution in [0.25, 0.3) is 16.9 Å². The first-order valence-electron chi connectivity index (χ1n) is 10.9. The van der Waals surface area contributed by atoms with Crippen LogP contribution < -0.4 is 10.5 Å². The molecule has 6 rings (SSSR count). The lowest BCUT2D eigenvalue weighted by atomic mass is 10.0. The second kappa shape index (κ2) is 7.41. The van der Waals surface area contributed by atoms with Crippen molar-refractivity contribution >= 4 is 5.82 Å². The molecule has 0 unspecified atom stereocenters. The highest BCUT2D eigenvalue weighted by atomic mass is 19.1. The maximum Gasteiger partial charge on any atom is 0.166 e. The van der Waals surface area contributed by atoms with Crippen molar-refractivity contribution < 1.29 is 13.9 Å². The van der Waals surface area contributed by atoms with Crippen LogP contribution in [0.1, 0.15) is 41.5 Å². The van der Waals surface area contributed by atoms with E-state index in [1.807, 2.05) is 42.8 Å². The van der Waals surface area contributed by atoms with Gasteiger partial charge in [0.1, 0.15) is 6.10 Å². The van der Waals surface area contributed by atoms with E-state index >= 15 is 4.39 Å². The highest BCUT2D eigenvalue weighted by Crippen LogP contribution is 2.37. The molecular weight excluding hydrogens is 423 g/mol. The number of aryl methyl sites for hydroxylation is 1. The summed E-state index contributed by atoms with van der Waals surface area (Å²) in [6.45, 7) is 5.11. The van der Waals surface area contributed by atoms with Gasteiger partial charge in [0.25, 0.3) is 0 Å². The van der Waals surface area contributed by atoms with Crippen molar-refractivity contribution in [2.45, 2.75) is 32.4 Å². The number of rotatable bonds is 1. The fourth-order valence-electron chi connectivity index (χ4n) is 4.51. The van der Waals surface area contributed by atoms with Crippen molar-refractivity contribution in [2.24, 2.45) is 0 Å². The number of ether oxygens (including phenoxy) is 2. The second-order valence-corrected chi connectivity index (χ2v) is 8.61. The monoisotopic (exact) mass is 446 g/mol. The Bertz CT molecular complexity index is 1370. The van der Waals surface area contributed by atoms with Crippen molar-refractivity contribution in [1.29, 1.82) is 0 Å². The Morgan fingerprint density at radius 1 is 1.12 bits per heavy atom. The fraction of sp³-hybridized carbons (Fsp3) is 0.292. The summed E-state index contributed by atoms with van der Waals surface area (Å²) in [5.74, 6) is 0.430. The van der Waals surface area contributed by atoms with Gasteiger partial charge in [0.15, 0.2) is 17.4 Å². The normalized spacial score (nSPS) is 17.6. The molecule has 0 amide bonds. The molecule has 4 aromatic rings. The zero-order valence-electron chi connectivity index (χ0n) is 18.3. The Balaban J connectivity index is 1.62. The minimum atomic E-state index is -0.372. The van der Waals surface area contributed by atoms with Crippen molar-refractivity contribution in [3.05, 3.63) is 71.1 Å². The van der Waals surface area contributed by atoms with E-state index in [4.69, 9.17) is 15.2 Å². The molecule has 2 aliphatic rings. The number of hydrogen-bond acceptors (Lipinski definition) is 6. The van der Waals surface area contributed by atoms with Crippen LogP contribution in [0.2, 0.25) is 0 Å². The van der Waals surface area contributed by atoms with Crippen LogP contribution in [0.15, 0.2) is 42.9 Å². The van der Waals surface area contributed by atoms with Gasteiger partial charge in [0.05, 0.1) is 48.7 Å². The molecule has 2 aliphatic heterocycles. The average molecular weight is 446 g/mol. The zero-order valence-corrected chi connectivity index (χ0v) is 18.3. The largest absolute Gasteiger partial charge is 0.482 e. The third-order valence-electron chi connectivity index (χ3n) is 6.32. The first-order chi connectivity index (χ1) is 16.0. The van der Waals surface area contributed by atoms with Crippen molar-refractivity contribution in [3.8, 4) is 22.7 Å². The number of pyridine rings is 1. The van der Waals surface area contributed by atoms with Crippen molar-refractivity contribution in [1.82, 2.24) is 24.5 Å². The van der Waals surface area contributed by atoms with Crippen LogP contribution in [-0.2, 0) is 11.2 Å². The van der Waals surface area contributed by atoms with Crippen LogP contribution in [0, 0.1) is 12.7 Å². The van der Waals surface area contributed by atoms with Gasteiger partial charge in [0.2, 0.25) is 0 Å². The molecule has 0 aliphatic carbocycles. The third-order valence-corrected chi connectivity index (χ3v) is 6.32. The van der Waals surface area contributed by atoms with Crippen LogP contribution in [0.3, 0.4) is 0 Å². The van der Waals surface area contributed by atoms with E-state index in [1.54, 1.807) is 17.1 Å². The molecule has 0 saturated carbocycles. The summed E-state index contributed by atoms with van der Waals surface area (Å²) in [4.78, 5) is 4.40. The Kier molecular flexibility index (Phi) is 4.48. The maximum absolute atomic E-state index is 15.0. The quantitative estimate of drug-likeness (QED) is 0.478. The Hall–Kier alpha value is -3.72. The molecule has 1 fully saturated rings. The smallest absolute Gasteiger partial charge is 0.166 e. The number of nitrogen functional groups attached to an aromatic ring is 1. The first-order valence-corrected chi connectivity index (χ1v) is 10.9. The molecule has 2 bridgehead atoms. The van der Waals surface area contributed by atoms with Crippen molar-refractivity contribution in [2.75, 3.05) is 18.9 Å². The van der Waals surface area contributed by atoms with E-state index in [-0.39, 0.29) is 18.0 Å². The van der Waals surface area contributed by atoms with Crippen LogP contribution in [0.5, 0.6) is 5.75 Å². The van der Waals surface area contributed by atoms with Gasteiger partial charge in [-0.15, -0.1) is 0 Å². The van der Waals surface area contributed by atoms with Gasteiger partial charge in [-0.3, -0.25) is 4.68 Å². The van der Waals surface area contributed by atoms with Gasteiger partial charge in [-0.25, -0.2) is 14.1 Å². The van der Waals surface area contributed by atoms with E-state index in [0.29, 0.717) is 36.9 Å². The van der Waals surface area contributed by atoms with Crippen LogP contribution in [0.4, 0.5) is 10.2 Å². The lowest BCUT2D eigenvalue weighted by molar-refractivity contribution is -0.0278. The molecule has 33 heavy (non-hydrogen) atoms. The van der Waals surface area contributed by atoms with Gasteiger partial charge in [0, 0.05) is 29.3 Å². The minimum Gasteiger partial charge on any atom is -0.482 e. The Morgan fingerprint density at radius 3 is 2.76 bits per heavy atom. The number of fused-ring (bicyclic) bond motifs is 7. The molecule has 2 N–H and O–H groups in total. The summed E-state index contributed by atoms with van der Waals surface area (Å²) in [7, 11) is 0. The van der Waals surface area contributed by atoms with E-state index in [1.165, 1.54) is 6.20 Å². The number of benzene rings is 1. The predicted octanol–water partition coefficient (Wildman–Crippen LogP) is 3.78. The molecular formula is C24H23FN6O2. The fourth-order valence-corrected chi connectivity index (χ4v) is 4.51. The minimum absolute atomic E-state index is 0.112. The summed E-state index contributed by atoms with van der Waals surface area (Å²) >= 11 is 0. The molecule has 3 aromatic heterocycles. The number of hydrogen-bond donors (Lipinski definition) is 1. The highest BCUT2D eigenvalue weighted by Gasteiger charge is 2.29. The predicted molar refractivity (Wildman–Crippen MR) is 120 cm³/mol. The topological polar surface area (TPSA) is 93.0 Å². The zero-order chi connectivity index (χ0) is 22.7. The standard InChI is InChI=1S/C24H23FN6O2/c1-13-3-4-20-18(5-13)14(2)33-22-7-16(8-27-24(22)26)23-15(6-21-19(25)10-29-31(20)21)9-28-30(23)17-11-32-12-17/h3-5,7-10,14,17H,6,11-12H2,1-2H3,(H2,26,27)/t14-/m1/s1. The van der Waals surface area contributed by atoms with E-state index in [2.05, 4.69) is 15.2 Å². The number of nitrogens with zero attached hydrogens (tertiary/aromatic N) is 5. The average Bonchev–Trinajstić information content (AvgIpc) is 3.32. The first kappa shape index (κ1) is 19.9. The summed E-state index contributed by atoms with van der Waals surface area (Å²) in [5.41, 5.74) is 11.9. The molecule has 1 atom stereocenters. The SMILES string of the molecule is Cc1ccc2c(c1)[C@@H](C)Oc1cc(cnc1N)-c1c(cnn1C1COC1)Cc1c(F)cnn1-2. The lowest BCUT2D eigenvalue weighted by Gasteiger charge is -2.28. The van der Waals surface area contributed by atoms with Gasteiger partial charge < -0.3 is 15.2 Å². The highest BCUT2D eigenvalue weighted by molar-refractivity contribution is 5.68. The van der Waals surface area contributed by atoms with Crippen LogP contribution >= 0.6 is 0 Å². The third kappa shape index (κ3) is 3.19. The summed E-state index contributed by atoms with van der Waals surface area (Å²) in [5, 5.41) is 9.01. The number of nitrogens with two attached hydrogens (primary N) is 1. The van der Waals surface area contributed by atoms with Crippen molar-refractivity contribution in [3.63, 3.8) is 0 Å². The maximum atomic E-state index is 15.0. The van der Waals surface area contributed by atoms with E-state index in [0.717, 1.165) is 33.6 Å². The second-order valence-electron chi connectivity index (χ2n) is 8.61. The molecule has 0 spiro atoms. The molecule has 5 heterocycles.